The Kier molecular flexibility index (Phi) is 6.47. The molecule has 0 amide bonds. The van der Waals surface area contributed by atoms with Crippen LogP contribution in [0, 0.1) is 0 Å². The van der Waals surface area contributed by atoms with Crippen LogP contribution >= 0.6 is 11.6 Å². The van der Waals surface area contributed by atoms with Gasteiger partial charge in [0.25, 0.3) is 0 Å². The summed E-state index contributed by atoms with van der Waals surface area (Å²) in [6.07, 6.45) is 0. The van der Waals surface area contributed by atoms with Gasteiger partial charge in [0.1, 0.15) is 39.2 Å². The van der Waals surface area contributed by atoms with E-state index in [0.717, 1.165) is 38.2 Å². The summed E-state index contributed by atoms with van der Waals surface area (Å²) in [5.41, 5.74) is 4.20. The number of hydrogen-bond acceptors (Lipinski definition) is 3. The summed E-state index contributed by atoms with van der Waals surface area (Å²) in [4.78, 5) is 13.7. The standard InChI is InChI=1S/C33H15B5ClN3/c34-26-25(27(35)29(37)30(38)28(26)36)20-10-8-19-14-21(12-9-18(19)13-20)31-40-32(42-33(39)41-31)22-11-7-17-6-5-16-3-1-2-4-23(16)24(17)15-22/h1-15H. The summed E-state index contributed by atoms with van der Waals surface area (Å²) >= 11 is 6.42. The highest BCUT2D eigenvalue weighted by Crippen LogP contribution is 2.31. The number of rotatable bonds is 3. The fourth-order valence-electron chi connectivity index (χ4n) is 5.45. The Morgan fingerprint density at radius 3 is 1.57 bits per heavy atom. The van der Waals surface area contributed by atoms with Crippen molar-refractivity contribution in [2.45, 2.75) is 0 Å². The Bertz CT molecular complexity index is 2210. The average Bonchev–Trinajstić information content (AvgIpc) is 3.02. The van der Waals surface area contributed by atoms with Crippen LogP contribution in [0.4, 0.5) is 0 Å². The van der Waals surface area contributed by atoms with Crippen LogP contribution in [0.3, 0.4) is 0 Å². The number of benzene rings is 6. The number of hydrogen-bond donors (Lipinski definition) is 0. The van der Waals surface area contributed by atoms with Crippen molar-refractivity contribution in [3.05, 3.63) is 96.3 Å². The summed E-state index contributed by atoms with van der Waals surface area (Å²) in [6.45, 7) is 0. The Labute approximate surface area is 254 Å². The summed E-state index contributed by atoms with van der Waals surface area (Å²) < 4.78 is 0. The van der Waals surface area contributed by atoms with Crippen molar-refractivity contribution in [1.29, 1.82) is 0 Å². The van der Waals surface area contributed by atoms with Gasteiger partial charge in [-0.3, -0.25) is 0 Å². The van der Waals surface area contributed by atoms with Crippen LogP contribution in [0.25, 0.3) is 66.2 Å². The highest BCUT2D eigenvalue weighted by atomic mass is 35.5. The molecule has 0 aliphatic carbocycles. The largest absolute Gasteiger partial charge is 0.226 e. The molecule has 0 spiro atoms. The molecule has 184 valence electrons. The van der Waals surface area contributed by atoms with Gasteiger partial charge in [0.15, 0.2) is 11.6 Å². The van der Waals surface area contributed by atoms with E-state index in [1.807, 2.05) is 54.6 Å². The Balaban J connectivity index is 1.30. The van der Waals surface area contributed by atoms with Gasteiger partial charge in [0, 0.05) is 11.1 Å². The van der Waals surface area contributed by atoms with E-state index < -0.39 is 0 Å². The number of halogens is 1. The third-order valence-corrected chi connectivity index (χ3v) is 7.87. The van der Waals surface area contributed by atoms with Crippen LogP contribution in [0.1, 0.15) is 0 Å². The van der Waals surface area contributed by atoms with Crippen molar-refractivity contribution in [1.82, 2.24) is 15.0 Å². The summed E-state index contributed by atoms with van der Waals surface area (Å²) in [5.74, 6) is 0.973. The fourth-order valence-corrected chi connectivity index (χ4v) is 5.61. The molecule has 0 aliphatic heterocycles. The first-order chi connectivity index (χ1) is 20.3. The zero-order valence-electron chi connectivity index (χ0n) is 22.3. The number of fused-ring (bicyclic) bond motifs is 4. The van der Waals surface area contributed by atoms with Crippen molar-refractivity contribution in [3.63, 3.8) is 0 Å². The normalized spacial score (nSPS) is 11.5. The lowest BCUT2D eigenvalue weighted by Gasteiger charge is -2.21. The molecule has 0 fully saturated rings. The minimum absolute atomic E-state index is 0.118. The predicted octanol–water partition coefficient (Wildman–Crippen LogP) is 2.95. The molecule has 10 radical (unpaired) electrons. The molecule has 0 unspecified atom stereocenters. The van der Waals surface area contributed by atoms with Crippen LogP contribution in [0.5, 0.6) is 0 Å². The van der Waals surface area contributed by atoms with Crippen molar-refractivity contribution in [2.24, 2.45) is 0 Å². The lowest BCUT2D eigenvalue weighted by molar-refractivity contribution is 1.07. The van der Waals surface area contributed by atoms with Gasteiger partial charge in [-0.25, -0.2) is 4.98 Å². The van der Waals surface area contributed by atoms with Gasteiger partial charge in [-0.15, -0.1) is 16.4 Å². The topological polar surface area (TPSA) is 38.7 Å². The second kappa shape index (κ2) is 10.2. The molecule has 0 saturated carbocycles. The van der Waals surface area contributed by atoms with E-state index in [9.17, 15) is 0 Å². The molecular weight excluding hydrogens is 528 g/mol. The van der Waals surface area contributed by atoms with Crippen LogP contribution in [-0.4, -0.2) is 54.2 Å². The minimum Gasteiger partial charge on any atom is -0.208 e. The third-order valence-electron chi connectivity index (χ3n) is 7.70. The van der Waals surface area contributed by atoms with E-state index in [1.54, 1.807) is 0 Å². The van der Waals surface area contributed by atoms with Crippen molar-refractivity contribution >= 4 is 110 Å². The maximum atomic E-state index is 6.42. The fraction of sp³-hybridized carbons (Fsp3) is 0. The SMILES string of the molecule is [B]c1c([B])c([B])c(-c2ccc3cc(-c4nc(Cl)nc(-c5ccc6ccc7ccccc7c6c5)n4)ccc3c2)c([B])c1[B]. The molecule has 6 aromatic carbocycles. The van der Waals surface area contributed by atoms with E-state index in [1.165, 1.54) is 10.8 Å². The van der Waals surface area contributed by atoms with Gasteiger partial charge < -0.3 is 0 Å². The van der Waals surface area contributed by atoms with Gasteiger partial charge in [-0.1, -0.05) is 83.7 Å². The van der Waals surface area contributed by atoms with Gasteiger partial charge in [-0.2, -0.15) is 9.97 Å². The summed E-state index contributed by atoms with van der Waals surface area (Å²) in [5, 5.41) is 6.62. The van der Waals surface area contributed by atoms with Crippen LogP contribution in [-0.2, 0) is 0 Å². The molecule has 9 heteroatoms. The first-order valence-corrected chi connectivity index (χ1v) is 13.6. The molecule has 1 heterocycles. The lowest BCUT2D eigenvalue weighted by atomic mass is 9.59. The molecule has 0 saturated heterocycles. The average molecular weight is 543 g/mol. The Morgan fingerprint density at radius 1 is 0.429 bits per heavy atom. The molecule has 0 N–H and O–H groups in total. The van der Waals surface area contributed by atoms with E-state index in [2.05, 4.69) is 46.4 Å². The third kappa shape index (κ3) is 4.42. The molecule has 0 aliphatic rings. The molecular formula is C33H15B5ClN3. The Morgan fingerprint density at radius 2 is 0.905 bits per heavy atom. The first-order valence-electron chi connectivity index (χ1n) is 13.2. The second-order valence-corrected chi connectivity index (χ2v) is 10.5. The molecule has 3 nitrogen and oxygen atoms in total. The van der Waals surface area contributed by atoms with Crippen molar-refractivity contribution in [3.8, 4) is 33.9 Å². The molecule has 7 aromatic rings. The van der Waals surface area contributed by atoms with Crippen LogP contribution < -0.4 is 27.3 Å². The zero-order chi connectivity index (χ0) is 29.1. The monoisotopic (exact) mass is 543 g/mol. The highest BCUT2D eigenvalue weighted by Gasteiger charge is 2.14. The van der Waals surface area contributed by atoms with Gasteiger partial charge in [0.2, 0.25) is 5.28 Å². The Hall–Kier alpha value is -4.28. The maximum absolute atomic E-state index is 6.42. The summed E-state index contributed by atoms with van der Waals surface area (Å²) in [6, 6.07) is 30.5. The molecule has 42 heavy (non-hydrogen) atoms. The quantitative estimate of drug-likeness (QED) is 0.255. The number of nitrogens with zero attached hydrogens (tertiary/aromatic N) is 3. The molecule has 1 aromatic heterocycles. The van der Waals surface area contributed by atoms with Crippen molar-refractivity contribution in [2.75, 3.05) is 0 Å². The second-order valence-electron chi connectivity index (χ2n) is 10.2. The van der Waals surface area contributed by atoms with E-state index in [-0.39, 0.29) is 21.7 Å². The zero-order valence-corrected chi connectivity index (χ0v) is 23.0. The smallest absolute Gasteiger partial charge is 0.208 e. The summed E-state index contributed by atoms with van der Waals surface area (Å²) in [7, 11) is 30.7. The van der Waals surface area contributed by atoms with E-state index >= 15 is 0 Å². The van der Waals surface area contributed by atoms with Gasteiger partial charge >= 0.3 is 0 Å². The van der Waals surface area contributed by atoms with Gasteiger partial charge in [-0.05, 0) is 73.2 Å². The molecule has 0 atom stereocenters. The predicted molar refractivity (Wildman–Crippen MR) is 181 cm³/mol. The van der Waals surface area contributed by atoms with Crippen LogP contribution in [0.2, 0.25) is 5.28 Å². The van der Waals surface area contributed by atoms with Crippen LogP contribution in [0.15, 0.2) is 91.0 Å². The molecule has 7 rings (SSSR count). The highest BCUT2D eigenvalue weighted by molar-refractivity contribution is 6.68. The van der Waals surface area contributed by atoms with E-state index in [4.69, 9.17) is 55.8 Å². The minimum atomic E-state index is 0.118. The van der Waals surface area contributed by atoms with Crippen molar-refractivity contribution < 1.29 is 0 Å². The van der Waals surface area contributed by atoms with Gasteiger partial charge in [0.05, 0.1) is 0 Å². The lowest BCUT2D eigenvalue weighted by Crippen LogP contribution is -2.55. The number of aromatic nitrogens is 3. The van der Waals surface area contributed by atoms with E-state index in [0.29, 0.717) is 28.1 Å². The maximum Gasteiger partial charge on any atom is 0.226 e. The first kappa shape index (κ1) is 26.6. The molecule has 0 bridgehead atoms.